The third kappa shape index (κ3) is 1.86. The van der Waals surface area contributed by atoms with Crippen LogP contribution in [0.1, 0.15) is 24.8 Å². The van der Waals surface area contributed by atoms with Gasteiger partial charge in [-0.25, -0.2) is 4.98 Å². The van der Waals surface area contributed by atoms with Gasteiger partial charge >= 0.3 is 0 Å². The van der Waals surface area contributed by atoms with Crippen molar-refractivity contribution < 1.29 is 13.9 Å². The summed E-state index contributed by atoms with van der Waals surface area (Å²) in [5.74, 6) is 1.30. The summed E-state index contributed by atoms with van der Waals surface area (Å²) in [7, 11) is 1.60. The van der Waals surface area contributed by atoms with E-state index in [1.165, 1.54) is 0 Å². The molecule has 1 aliphatic rings. The smallest absolute Gasteiger partial charge is 0.220 e. The molecule has 0 aliphatic carbocycles. The summed E-state index contributed by atoms with van der Waals surface area (Å²) in [6, 6.07) is 3.51. The number of methoxy groups -OCH3 is 1. The number of nitrogens with one attached hydrogen (secondary N) is 1. The Hall–Kier alpha value is -1.56. The summed E-state index contributed by atoms with van der Waals surface area (Å²) < 4.78 is 11.7. The molecule has 3 rings (SSSR count). The molecule has 0 bridgehead atoms. The molecule has 1 aromatic carbocycles. The lowest BCUT2D eigenvalue weighted by Crippen LogP contribution is -2.18. The average molecular weight is 311 g/mol. The zero-order valence-corrected chi connectivity index (χ0v) is 11.3. The number of fused-ring (bicyclic) bond motifs is 1. The molecule has 1 N–H and O–H groups in total. The van der Waals surface area contributed by atoms with Gasteiger partial charge in [0.15, 0.2) is 5.58 Å². The van der Waals surface area contributed by atoms with Crippen LogP contribution in [-0.4, -0.2) is 18.0 Å². The molecule has 18 heavy (non-hydrogen) atoms. The van der Waals surface area contributed by atoms with Crippen molar-refractivity contribution in [2.24, 2.45) is 0 Å². The highest BCUT2D eigenvalue weighted by Crippen LogP contribution is 2.33. The molecule has 1 aromatic heterocycles. The number of benzene rings is 1. The number of oxazole rings is 1. The van der Waals surface area contributed by atoms with Crippen molar-refractivity contribution in [2.75, 3.05) is 7.11 Å². The van der Waals surface area contributed by atoms with Crippen molar-refractivity contribution in [3.63, 3.8) is 0 Å². The molecule has 0 spiro atoms. The van der Waals surface area contributed by atoms with Gasteiger partial charge in [-0.15, -0.1) is 0 Å². The molecule has 5 nitrogen and oxygen atoms in total. The van der Waals surface area contributed by atoms with Crippen LogP contribution < -0.4 is 10.1 Å². The van der Waals surface area contributed by atoms with Crippen LogP contribution in [0.3, 0.4) is 0 Å². The summed E-state index contributed by atoms with van der Waals surface area (Å²) in [5.41, 5.74) is 1.39. The Morgan fingerprint density at radius 2 is 2.39 bits per heavy atom. The lowest BCUT2D eigenvalue weighted by atomic mass is 10.2. The number of aromatic nitrogens is 1. The van der Waals surface area contributed by atoms with Gasteiger partial charge in [-0.3, -0.25) is 4.79 Å². The lowest BCUT2D eigenvalue weighted by molar-refractivity contribution is -0.119. The highest BCUT2D eigenvalue weighted by molar-refractivity contribution is 9.10. The van der Waals surface area contributed by atoms with E-state index in [2.05, 4.69) is 26.2 Å². The number of hydrogen-bond acceptors (Lipinski definition) is 4. The molecule has 1 saturated heterocycles. The number of ether oxygens (including phenoxy) is 1. The Morgan fingerprint density at radius 3 is 3.06 bits per heavy atom. The minimum absolute atomic E-state index is 0.0407. The Morgan fingerprint density at radius 1 is 1.56 bits per heavy atom. The SMILES string of the molecule is COc1cc(Br)c2oc(C3CCC(=O)N3)nc2c1. The van der Waals surface area contributed by atoms with Crippen molar-refractivity contribution >= 4 is 32.9 Å². The van der Waals surface area contributed by atoms with E-state index in [0.29, 0.717) is 23.6 Å². The fraction of sp³-hybridized carbons (Fsp3) is 0.333. The number of amides is 1. The molecule has 1 amide bonds. The second kappa shape index (κ2) is 4.28. The first-order valence-corrected chi connectivity index (χ1v) is 6.40. The van der Waals surface area contributed by atoms with Gasteiger partial charge < -0.3 is 14.5 Å². The van der Waals surface area contributed by atoms with Gasteiger partial charge in [0.1, 0.15) is 17.3 Å². The van der Waals surface area contributed by atoms with Crippen LogP contribution in [0.4, 0.5) is 0 Å². The van der Waals surface area contributed by atoms with Crippen LogP contribution in [0.5, 0.6) is 5.75 Å². The van der Waals surface area contributed by atoms with Gasteiger partial charge in [0, 0.05) is 12.5 Å². The van der Waals surface area contributed by atoms with E-state index in [-0.39, 0.29) is 11.9 Å². The average Bonchev–Trinajstić information content (AvgIpc) is 2.94. The second-order valence-corrected chi connectivity index (χ2v) is 5.02. The summed E-state index contributed by atoms with van der Waals surface area (Å²) in [6.45, 7) is 0. The van der Waals surface area contributed by atoms with Crippen molar-refractivity contribution in [3.8, 4) is 5.75 Å². The minimum atomic E-state index is -0.122. The number of rotatable bonds is 2. The van der Waals surface area contributed by atoms with Gasteiger partial charge in [0.2, 0.25) is 11.8 Å². The van der Waals surface area contributed by atoms with Crippen LogP contribution in [-0.2, 0) is 4.79 Å². The summed E-state index contributed by atoms with van der Waals surface area (Å²) in [4.78, 5) is 15.6. The Bertz CT molecular complexity index is 623. The molecule has 2 heterocycles. The fourth-order valence-corrected chi connectivity index (χ4v) is 2.56. The number of carbonyl (C=O) groups is 1. The summed E-state index contributed by atoms with van der Waals surface area (Å²) in [6.07, 6.45) is 1.24. The predicted molar refractivity (Wildman–Crippen MR) is 68.4 cm³/mol. The summed E-state index contributed by atoms with van der Waals surface area (Å²) in [5, 5.41) is 2.84. The van der Waals surface area contributed by atoms with Gasteiger partial charge in [-0.1, -0.05) is 0 Å². The van der Waals surface area contributed by atoms with Crippen molar-refractivity contribution in [3.05, 3.63) is 22.5 Å². The topological polar surface area (TPSA) is 64.4 Å². The van der Waals surface area contributed by atoms with Gasteiger partial charge in [0.25, 0.3) is 0 Å². The van der Waals surface area contributed by atoms with Gasteiger partial charge in [-0.05, 0) is 28.4 Å². The maximum absolute atomic E-state index is 11.2. The molecule has 0 radical (unpaired) electrons. The van der Waals surface area contributed by atoms with E-state index in [1.54, 1.807) is 7.11 Å². The maximum atomic E-state index is 11.2. The molecule has 2 aromatic rings. The summed E-state index contributed by atoms with van der Waals surface area (Å²) >= 11 is 3.42. The number of hydrogen-bond donors (Lipinski definition) is 1. The normalized spacial score (nSPS) is 19.2. The molecular formula is C12H11BrN2O3. The van der Waals surface area contributed by atoms with Crippen LogP contribution in [0.25, 0.3) is 11.1 Å². The largest absolute Gasteiger partial charge is 0.497 e. The predicted octanol–water partition coefficient (Wildman–Crippen LogP) is 2.55. The molecular weight excluding hydrogens is 300 g/mol. The molecule has 6 heteroatoms. The number of halogens is 1. The molecule has 1 unspecified atom stereocenters. The van der Waals surface area contributed by atoms with E-state index >= 15 is 0 Å². The number of nitrogens with zero attached hydrogens (tertiary/aromatic N) is 1. The van der Waals surface area contributed by atoms with Crippen molar-refractivity contribution in [1.82, 2.24) is 10.3 Å². The van der Waals surface area contributed by atoms with E-state index in [9.17, 15) is 4.79 Å². The van der Waals surface area contributed by atoms with Crippen LogP contribution in [0.15, 0.2) is 21.0 Å². The third-order valence-electron chi connectivity index (χ3n) is 2.96. The fourth-order valence-electron chi connectivity index (χ4n) is 2.05. The molecule has 0 saturated carbocycles. The first-order chi connectivity index (χ1) is 8.67. The first-order valence-electron chi connectivity index (χ1n) is 5.60. The van der Waals surface area contributed by atoms with E-state index < -0.39 is 0 Å². The van der Waals surface area contributed by atoms with Gasteiger partial charge in [0.05, 0.1) is 11.6 Å². The van der Waals surface area contributed by atoms with E-state index in [4.69, 9.17) is 9.15 Å². The van der Waals surface area contributed by atoms with Gasteiger partial charge in [-0.2, -0.15) is 0 Å². The highest BCUT2D eigenvalue weighted by atomic mass is 79.9. The standard InChI is InChI=1S/C12H11BrN2O3/c1-17-6-4-7(13)11-9(5-6)15-12(18-11)8-2-3-10(16)14-8/h4-5,8H,2-3H2,1H3,(H,14,16). The molecule has 1 aliphatic heterocycles. The van der Waals surface area contributed by atoms with Crippen molar-refractivity contribution in [1.29, 1.82) is 0 Å². The number of carbonyl (C=O) groups excluding carboxylic acids is 1. The highest BCUT2D eigenvalue weighted by Gasteiger charge is 2.27. The quantitative estimate of drug-likeness (QED) is 0.926. The van der Waals surface area contributed by atoms with Crippen LogP contribution in [0.2, 0.25) is 0 Å². The van der Waals surface area contributed by atoms with E-state index in [1.807, 2.05) is 12.1 Å². The van der Waals surface area contributed by atoms with E-state index in [0.717, 1.165) is 16.4 Å². The molecule has 1 fully saturated rings. The zero-order valence-electron chi connectivity index (χ0n) is 9.70. The minimum Gasteiger partial charge on any atom is -0.497 e. The third-order valence-corrected chi connectivity index (χ3v) is 3.55. The Kier molecular flexibility index (Phi) is 2.74. The zero-order chi connectivity index (χ0) is 12.7. The van der Waals surface area contributed by atoms with Crippen LogP contribution in [0, 0.1) is 0 Å². The first kappa shape index (κ1) is 11.5. The van der Waals surface area contributed by atoms with Crippen molar-refractivity contribution in [2.45, 2.75) is 18.9 Å². The lowest BCUT2D eigenvalue weighted by Gasteiger charge is -2.02. The Balaban J connectivity index is 2.05. The Labute approximate surface area is 112 Å². The maximum Gasteiger partial charge on any atom is 0.220 e. The second-order valence-electron chi connectivity index (χ2n) is 4.17. The molecule has 94 valence electrons. The molecule has 1 atom stereocenters. The van der Waals surface area contributed by atoms with Crippen LogP contribution >= 0.6 is 15.9 Å². The monoisotopic (exact) mass is 310 g/mol.